The summed E-state index contributed by atoms with van der Waals surface area (Å²) >= 11 is 0. The number of hydrogen-bond acceptors (Lipinski definition) is 0. The Morgan fingerprint density at radius 3 is 2.42 bits per heavy atom. The average Bonchev–Trinajstić information content (AvgIpc) is 1.96. The predicted octanol–water partition coefficient (Wildman–Crippen LogP) is 3.61. The van der Waals surface area contributed by atoms with Crippen LogP contribution in [-0.4, -0.2) is 0 Å². The first-order valence-corrected chi connectivity index (χ1v) is 5.87. The quantitative estimate of drug-likeness (QED) is 0.555. The monoisotopic (exact) mass is 164 g/mol. The summed E-state index contributed by atoms with van der Waals surface area (Å²) in [6.07, 6.45) is 10.9. The summed E-state index contributed by atoms with van der Waals surface area (Å²) in [5, 5.41) is 0. The van der Waals surface area contributed by atoms with Gasteiger partial charge in [-0.1, -0.05) is 13.3 Å². The first-order valence-electron chi connectivity index (χ1n) is 5.87. The van der Waals surface area contributed by atoms with Crippen molar-refractivity contribution in [2.75, 3.05) is 0 Å². The highest BCUT2D eigenvalue weighted by atomic mass is 14.6. The van der Waals surface area contributed by atoms with E-state index in [1.807, 2.05) is 0 Å². The van der Waals surface area contributed by atoms with Crippen LogP contribution < -0.4 is 0 Å². The second-order valence-corrected chi connectivity index (χ2v) is 5.36. The van der Waals surface area contributed by atoms with Crippen molar-refractivity contribution in [3.8, 4) is 0 Å². The average molecular weight is 164 g/mol. The fraction of sp³-hybridized carbons (Fsp3) is 1.00. The molecule has 3 aliphatic carbocycles. The van der Waals surface area contributed by atoms with Crippen molar-refractivity contribution in [2.45, 2.75) is 51.9 Å². The maximum atomic E-state index is 2.40. The third-order valence-electron chi connectivity index (χ3n) is 5.41. The fourth-order valence-electron chi connectivity index (χ4n) is 4.46. The minimum atomic E-state index is 0.929. The van der Waals surface area contributed by atoms with Gasteiger partial charge in [0.1, 0.15) is 0 Å². The molecule has 1 spiro atoms. The SMILES string of the molecule is CCC1CCC2CCC23CCC13. The Hall–Kier alpha value is 0. The second kappa shape index (κ2) is 2.27. The Morgan fingerprint density at radius 2 is 1.92 bits per heavy atom. The van der Waals surface area contributed by atoms with Crippen molar-refractivity contribution in [2.24, 2.45) is 23.2 Å². The third kappa shape index (κ3) is 0.661. The van der Waals surface area contributed by atoms with E-state index in [0.717, 1.165) is 11.3 Å². The zero-order valence-corrected chi connectivity index (χ0v) is 8.18. The highest BCUT2D eigenvalue weighted by molar-refractivity contribution is 5.10. The summed E-state index contributed by atoms with van der Waals surface area (Å²) in [5.41, 5.74) is 0.929. The normalized spacial score (nSPS) is 56.2. The molecule has 0 aliphatic heterocycles. The molecule has 4 atom stereocenters. The molecular formula is C12H20. The van der Waals surface area contributed by atoms with Gasteiger partial charge in [0, 0.05) is 0 Å². The molecule has 0 nitrogen and oxygen atoms in total. The minimum absolute atomic E-state index is 0.929. The van der Waals surface area contributed by atoms with Gasteiger partial charge in [0.15, 0.2) is 0 Å². The van der Waals surface area contributed by atoms with Crippen molar-refractivity contribution in [1.29, 1.82) is 0 Å². The van der Waals surface area contributed by atoms with Gasteiger partial charge in [0.2, 0.25) is 0 Å². The summed E-state index contributed by atoms with van der Waals surface area (Å²) in [6, 6.07) is 0. The van der Waals surface area contributed by atoms with E-state index < -0.39 is 0 Å². The molecule has 4 unspecified atom stereocenters. The molecule has 3 fully saturated rings. The van der Waals surface area contributed by atoms with Gasteiger partial charge in [-0.05, 0) is 61.7 Å². The van der Waals surface area contributed by atoms with Crippen LogP contribution >= 0.6 is 0 Å². The topological polar surface area (TPSA) is 0 Å². The van der Waals surface area contributed by atoms with Crippen LogP contribution in [-0.2, 0) is 0 Å². The summed E-state index contributed by atoms with van der Waals surface area (Å²) < 4.78 is 0. The predicted molar refractivity (Wildman–Crippen MR) is 50.9 cm³/mol. The molecular weight excluding hydrogens is 144 g/mol. The summed E-state index contributed by atoms with van der Waals surface area (Å²) in [5.74, 6) is 3.48. The molecule has 68 valence electrons. The van der Waals surface area contributed by atoms with Gasteiger partial charge in [0.25, 0.3) is 0 Å². The molecule has 0 aromatic rings. The van der Waals surface area contributed by atoms with Gasteiger partial charge in [-0.3, -0.25) is 0 Å². The van der Waals surface area contributed by atoms with Gasteiger partial charge < -0.3 is 0 Å². The van der Waals surface area contributed by atoms with Gasteiger partial charge >= 0.3 is 0 Å². The summed E-state index contributed by atoms with van der Waals surface area (Å²) in [7, 11) is 0. The van der Waals surface area contributed by atoms with Crippen LogP contribution in [0.25, 0.3) is 0 Å². The lowest BCUT2D eigenvalue weighted by Gasteiger charge is -2.67. The first-order chi connectivity index (χ1) is 5.87. The lowest BCUT2D eigenvalue weighted by molar-refractivity contribution is -0.169. The van der Waals surface area contributed by atoms with E-state index in [1.165, 1.54) is 18.3 Å². The van der Waals surface area contributed by atoms with E-state index in [4.69, 9.17) is 0 Å². The van der Waals surface area contributed by atoms with Crippen LogP contribution in [0, 0.1) is 23.2 Å². The Balaban J connectivity index is 1.82. The molecule has 0 saturated heterocycles. The molecule has 0 radical (unpaired) electrons. The standard InChI is InChI=1S/C12H20/c1-2-9-3-4-10-5-7-12(10)8-6-11(9)12/h9-11H,2-8H2,1H3. The maximum Gasteiger partial charge on any atom is -0.0238 e. The Morgan fingerprint density at radius 1 is 1.08 bits per heavy atom. The van der Waals surface area contributed by atoms with Crippen LogP contribution in [0.2, 0.25) is 0 Å². The second-order valence-electron chi connectivity index (χ2n) is 5.36. The van der Waals surface area contributed by atoms with E-state index in [9.17, 15) is 0 Å². The summed E-state index contributed by atoms with van der Waals surface area (Å²) in [6.45, 7) is 2.40. The zero-order chi connectivity index (χ0) is 8.18. The van der Waals surface area contributed by atoms with Gasteiger partial charge in [-0.2, -0.15) is 0 Å². The molecule has 0 amide bonds. The number of rotatable bonds is 1. The Bertz CT molecular complexity index is 192. The minimum Gasteiger partial charge on any atom is -0.0651 e. The van der Waals surface area contributed by atoms with E-state index in [2.05, 4.69) is 6.92 Å². The van der Waals surface area contributed by atoms with Crippen LogP contribution in [0.3, 0.4) is 0 Å². The van der Waals surface area contributed by atoms with Crippen LogP contribution in [0.5, 0.6) is 0 Å². The molecule has 3 saturated carbocycles. The fourth-order valence-corrected chi connectivity index (χ4v) is 4.46. The summed E-state index contributed by atoms with van der Waals surface area (Å²) in [4.78, 5) is 0. The highest BCUT2D eigenvalue weighted by Crippen LogP contribution is 2.69. The molecule has 12 heavy (non-hydrogen) atoms. The van der Waals surface area contributed by atoms with Gasteiger partial charge in [-0.15, -0.1) is 0 Å². The van der Waals surface area contributed by atoms with Crippen LogP contribution in [0.15, 0.2) is 0 Å². The molecule has 0 N–H and O–H groups in total. The van der Waals surface area contributed by atoms with E-state index >= 15 is 0 Å². The van der Waals surface area contributed by atoms with E-state index in [-0.39, 0.29) is 0 Å². The van der Waals surface area contributed by atoms with Crippen molar-refractivity contribution in [1.82, 2.24) is 0 Å². The van der Waals surface area contributed by atoms with Crippen molar-refractivity contribution < 1.29 is 0 Å². The molecule has 0 aromatic carbocycles. The molecule has 0 aromatic heterocycles. The van der Waals surface area contributed by atoms with Crippen molar-refractivity contribution in [3.05, 3.63) is 0 Å². The van der Waals surface area contributed by atoms with Crippen molar-refractivity contribution in [3.63, 3.8) is 0 Å². The Labute approximate surface area is 75.7 Å². The first kappa shape index (κ1) is 7.41. The maximum absolute atomic E-state index is 2.40. The van der Waals surface area contributed by atoms with Crippen LogP contribution in [0.4, 0.5) is 0 Å². The van der Waals surface area contributed by atoms with E-state index in [1.54, 1.807) is 38.5 Å². The highest BCUT2D eigenvalue weighted by Gasteiger charge is 2.60. The van der Waals surface area contributed by atoms with Crippen molar-refractivity contribution >= 4 is 0 Å². The lowest BCUT2D eigenvalue weighted by Crippen LogP contribution is -2.57. The molecule has 0 bridgehead atoms. The van der Waals surface area contributed by atoms with Crippen LogP contribution in [0.1, 0.15) is 51.9 Å². The van der Waals surface area contributed by atoms with E-state index in [0.29, 0.717) is 0 Å². The molecule has 0 heterocycles. The molecule has 3 aliphatic rings. The van der Waals surface area contributed by atoms with Gasteiger partial charge in [-0.25, -0.2) is 0 Å². The molecule has 3 rings (SSSR count). The zero-order valence-electron chi connectivity index (χ0n) is 8.18. The number of hydrogen-bond donors (Lipinski definition) is 0. The van der Waals surface area contributed by atoms with Gasteiger partial charge in [0.05, 0.1) is 0 Å². The Kier molecular flexibility index (Phi) is 1.40. The smallest absolute Gasteiger partial charge is 0.0238 e. The molecule has 0 heteroatoms. The third-order valence-corrected chi connectivity index (χ3v) is 5.41. The largest absolute Gasteiger partial charge is 0.0651 e. The lowest BCUT2D eigenvalue weighted by atomic mass is 9.38.